The summed E-state index contributed by atoms with van der Waals surface area (Å²) in [5, 5.41) is 5.11. The maximum absolute atomic E-state index is 12.7. The smallest absolute Gasteiger partial charge is 0.341 e. The lowest BCUT2D eigenvalue weighted by Crippen LogP contribution is -2.12. The molecule has 0 radical (unpaired) electrons. The van der Waals surface area contributed by atoms with Crippen LogP contribution in [0.15, 0.2) is 60.0 Å². The first-order valence-electron chi connectivity index (χ1n) is 10.8. The van der Waals surface area contributed by atoms with Gasteiger partial charge in [-0.1, -0.05) is 36.4 Å². The first kappa shape index (κ1) is 24.1. The maximum atomic E-state index is 12.7. The van der Waals surface area contributed by atoms with Crippen molar-refractivity contribution in [2.45, 2.75) is 20.8 Å². The van der Waals surface area contributed by atoms with Crippen LogP contribution in [0.5, 0.6) is 11.5 Å². The number of anilines is 1. The summed E-state index contributed by atoms with van der Waals surface area (Å²) in [6.07, 6.45) is 3.10. The van der Waals surface area contributed by atoms with Gasteiger partial charge in [-0.05, 0) is 50.1 Å². The molecule has 7 heteroatoms. The van der Waals surface area contributed by atoms with Gasteiger partial charge in [-0.3, -0.25) is 4.79 Å². The van der Waals surface area contributed by atoms with Gasteiger partial charge in [0.25, 0.3) is 0 Å². The monoisotopic (exact) mass is 465 g/mol. The average molecular weight is 466 g/mol. The van der Waals surface area contributed by atoms with Crippen molar-refractivity contribution < 1.29 is 23.8 Å². The molecule has 2 aromatic carbocycles. The second-order valence-electron chi connectivity index (χ2n) is 6.83. The summed E-state index contributed by atoms with van der Waals surface area (Å²) in [7, 11) is 0. The normalized spacial score (nSPS) is 10.8. The zero-order chi connectivity index (χ0) is 23.6. The molecule has 0 unspecified atom stereocenters. The molecule has 0 fully saturated rings. The van der Waals surface area contributed by atoms with Crippen molar-refractivity contribution in [3.63, 3.8) is 0 Å². The summed E-state index contributed by atoms with van der Waals surface area (Å²) in [5.41, 5.74) is 2.75. The van der Waals surface area contributed by atoms with E-state index in [-0.39, 0.29) is 12.5 Å². The van der Waals surface area contributed by atoms with Crippen molar-refractivity contribution in [1.82, 2.24) is 0 Å². The molecule has 1 amide bonds. The predicted molar refractivity (Wildman–Crippen MR) is 132 cm³/mol. The highest BCUT2D eigenvalue weighted by molar-refractivity contribution is 7.15. The van der Waals surface area contributed by atoms with Gasteiger partial charge >= 0.3 is 5.97 Å². The van der Waals surface area contributed by atoms with E-state index in [0.717, 1.165) is 16.7 Å². The van der Waals surface area contributed by atoms with E-state index in [1.807, 2.05) is 67.8 Å². The summed E-state index contributed by atoms with van der Waals surface area (Å²) >= 11 is 1.29. The third kappa shape index (κ3) is 6.23. The van der Waals surface area contributed by atoms with Crippen LogP contribution in [-0.4, -0.2) is 31.7 Å². The van der Waals surface area contributed by atoms with Crippen molar-refractivity contribution >= 4 is 34.3 Å². The summed E-state index contributed by atoms with van der Waals surface area (Å²) in [5.74, 6) is 0.461. The van der Waals surface area contributed by atoms with E-state index in [2.05, 4.69) is 5.32 Å². The molecule has 0 aliphatic heterocycles. The van der Waals surface area contributed by atoms with Gasteiger partial charge in [-0.15, -0.1) is 11.3 Å². The topological polar surface area (TPSA) is 73.9 Å². The molecule has 1 N–H and O–H groups in total. The van der Waals surface area contributed by atoms with Crippen molar-refractivity contribution in [3.8, 4) is 22.6 Å². The van der Waals surface area contributed by atoms with E-state index < -0.39 is 5.97 Å². The van der Waals surface area contributed by atoms with E-state index in [4.69, 9.17) is 14.2 Å². The Morgan fingerprint density at radius 1 is 0.939 bits per heavy atom. The quantitative estimate of drug-likeness (QED) is 0.292. The fourth-order valence-electron chi connectivity index (χ4n) is 3.18. The van der Waals surface area contributed by atoms with Crippen LogP contribution < -0.4 is 14.8 Å². The predicted octanol–water partition coefficient (Wildman–Crippen LogP) is 6.04. The zero-order valence-electron chi connectivity index (χ0n) is 18.9. The molecule has 1 aromatic heterocycles. The number of carbonyl (C=O) groups excluding carboxylic acids is 2. The third-order valence-corrected chi connectivity index (χ3v) is 5.48. The van der Waals surface area contributed by atoms with Crippen LogP contribution in [0.2, 0.25) is 0 Å². The SMILES string of the molecule is CCOC(=O)c1c(-c2ccccc2)csc1NC(=O)C=Cc1ccc(OCC)c(OCC)c1. The van der Waals surface area contributed by atoms with Crippen LogP contribution in [0.25, 0.3) is 17.2 Å². The standard InChI is InChI=1S/C26H27NO5S/c1-4-30-21-14-12-18(16-22(21)31-5-2)13-15-23(28)27-25-24(26(29)32-6-3)20(17-33-25)19-10-8-7-9-11-19/h7-17H,4-6H2,1-3H3,(H,27,28). The molecule has 1 heterocycles. The number of benzene rings is 2. The van der Waals surface area contributed by atoms with Gasteiger partial charge in [0.1, 0.15) is 10.6 Å². The highest BCUT2D eigenvalue weighted by Gasteiger charge is 2.22. The highest BCUT2D eigenvalue weighted by Crippen LogP contribution is 2.36. The molecule has 0 saturated carbocycles. The Kier molecular flexibility index (Phi) is 8.66. The fourth-order valence-corrected chi connectivity index (χ4v) is 4.14. The second-order valence-corrected chi connectivity index (χ2v) is 7.71. The van der Waals surface area contributed by atoms with Crippen LogP contribution in [-0.2, 0) is 9.53 Å². The highest BCUT2D eigenvalue weighted by atomic mass is 32.1. The molecular formula is C26H27NO5S. The van der Waals surface area contributed by atoms with E-state index in [1.54, 1.807) is 13.0 Å². The zero-order valence-corrected chi connectivity index (χ0v) is 19.7. The number of hydrogen-bond donors (Lipinski definition) is 1. The van der Waals surface area contributed by atoms with E-state index in [0.29, 0.717) is 35.3 Å². The van der Waals surface area contributed by atoms with Gasteiger partial charge in [0.2, 0.25) is 5.91 Å². The summed E-state index contributed by atoms with van der Waals surface area (Å²) in [4.78, 5) is 25.3. The van der Waals surface area contributed by atoms with Crippen LogP contribution in [0.1, 0.15) is 36.7 Å². The Morgan fingerprint density at radius 3 is 2.36 bits per heavy atom. The van der Waals surface area contributed by atoms with Crippen molar-refractivity contribution in [1.29, 1.82) is 0 Å². The largest absolute Gasteiger partial charge is 0.490 e. The summed E-state index contributed by atoms with van der Waals surface area (Å²) < 4.78 is 16.4. The molecular weight excluding hydrogens is 438 g/mol. The Morgan fingerprint density at radius 2 is 1.67 bits per heavy atom. The maximum Gasteiger partial charge on any atom is 0.341 e. The molecule has 0 atom stereocenters. The van der Waals surface area contributed by atoms with E-state index in [9.17, 15) is 9.59 Å². The van der Waals surface area contributed by atoms with Gasteiger partial charge in [-0.25, -0.2) is 4.79 Å². The number of hydrogen-bond acceptors (Lipinski definition) is 6. The Labute approximate surface area is 197 Å². The van der Waals surface area contributed by atoms with Crippen LogP contribution in [0, 0.1) is 0 Å². The molecule has 0 saturated heterocycles. The molecule has 0 bridgehead atoms. The van der Waals surface area contributed by atoms with E-state index >= 15 is 0 Å². The minimum Gasteiger partial charge on any atom is -0.490 e. The summed E-state index contributed by atoms with van der Waals surface area (Å²) in [6.45, 7) is 6.85. The van der Waals surface area contributed by atoms with Gasteiger partial charge in [0.15, 0.2) is 11.5 Å². The first-order chi connectivity index (χ1) is 16.1. The molecule has 6 nitrogen and oxygen atoms in total. The van der Waals surface area contributed by atoms with Crippen LogP contribution in [0.4, 0.5) is 5.00 Å². The lowest BCUT2D eigenvalue weighted by atomic mass is 10.0. The number of rotatable bonds is 10. The molecule has 0 aliphatic carbocycles. The molecule has 0 aliphatic rings. The number of esters is 1. The number of ether oxygens (including phenoxy) is 3. The molecule has 33 heavy (non-hydrogen) atoms. The second kappa shape index (κ2) is 11.9. The van der Waals surface area contributed by atoms with Gasteiger partial charge in [0.05, 0.1) is 19.8 Å². The Balaban J connectivity index is 1.81. The van der Waals surface area contributed by atoms with E-state index in [1.165, 1.54) is 17.4 Å². The lowest BCUT2D eigenvalue weighted by molar-refractivity contribution is -0.111. The van der Waals surface area contributed by atoms with Crippen LogP contribution >= 0.6 is 11.3 Å². The molecule has 172 valence electrons. The minimum absolute atomic E-state index is 0.246. The van der Waals surface area contributed by atoms with Gasteiger partial charge < -0.3 is 19.5 Å². The fraction of sp³-hybridized carbons (Fsp3) is 0.231. The molecule has 3 aromatic rings. The Hall–Kier alpha value is -3.58. The van der Waals surface area contributed by atoms with Gasteiger partial charge in [-0.2, -0.15) is 0 Å². The van der Waals surface area contributed by atoms with Crippen molar-refractivity contribution in [2.24, 2.45) is 0 Å². The summed E-state index contributed by atoms with van der Waals surface area (Å²) in [6, 6.07) is 15.0. The number of carbonyl (C=O) groups is 2. The first-order valence-corrected chi connectivity index (χ1v) is 11.7. The van der Waals surface area contributed by atoms with Crippen molar-refractivity contribution in [2.75, 3.05) is 25.1 Å². The Bertz CT molecular complexity index is 1120. The third-order valence-electron chi connectivity index (χ3n) is 4.59. The molecule has 0 spiro atoms. The minimum atomic E-state index is -0.468. The lowest BCUT2D eigenvalue weighted by Gasteiger charge is -2.11. The number of thiophene rings is 1. The number of nitrogens with one attached hydrogen (secondary N) is 1. The van der Waals surface area contributed by atoms with Crippen LogP contribution in [0.3, 0.4) is 0 Å². The molecule has 3 rings (SSSR count). The van der Waals surface area contributed by atoms with Gasteiger partial charge in [0, 0.05) is 17.0 Å². The number of amides is 1. The average Bonchev–Trinajstić information content (AvgIpc) is 3.23. The van der Waals surface area contributed by atoms with Crippen molar-refractivity contribution in [3.05, 3.63) is 71.1 Å².